The number of fused-ring (bicyclic) bond motifs is 3. The van der Waals surface area contributed by atoms with E-state index in [4.69, 9.17) is 23.7 Å². The molecule has 0 amide bonds. The summed E-state index contributed by atoms with van der Waals surface area (Å²) in [7, 11) is 1.54. The fourth-order valence-corrected chi connectivity index (χ4v) is 4.61. The SMILES string of the molecule is C=CCOc1c(C)c(OC)c(O)c2c1[C@H]1OC(C)(C)OC[C@H]1N[C@H]2COCc1ccccc1. The van der Waals surface area contributed by atoms with Crippen molar-refractivity contribution in [2.75, 3.05) is 26.9 Å². The van der Waals surface area contributed by atoms with Crippen molar-refractivity contribution < 1.29 is 28.8 Å². The number of methoxy groups -OCH3 is 1. The van der Waals surface area contributed by atoms with Crippen molar-refractivity contribution in [2.45, 2.75) is 51.4 Å². The summed E-state index contributed by atoms with van der Waals surface area (Å²) < 4.78 is 30.0. The van der Waals surface area contributed by atoms with Gasteiger partial charge in [0.2, 0.25) is 0 Å². The molecular formula is C26H33NO6. The third kappa shape index (κ3) is 4.73. The van der Waals surface area contributed by atoms with E-state index in [0.717, 1.165) is 11.1 Å². The lowest BCUT2D eigenvalue weighted by Crippen LogP contribution is -2.54. The van der Waals surface area contributed by atoms with Gasteiger partial charge in [-0.25, -0.2) is 0 Å². The second kappa shape index (κ2) is 9.73. The first-order chi connectivity index (χ1) is 15.9. The molecule has 7 nitrogen and oxygen atoms in total. The van der Waals surface area contributed by atoms with Crippen molar-refractivity contribution in [2.24, 2.45) is 0 Å². The maximum atomic E-state index is 11.3. The van der Waals surface area contributed by atoms with Crippen molar-refractivity contribution in [1.82, 2.24) is 5.32 Å². The zero-order valence-electron chi connectivity index (χ0n) is 19.7. The Morgan fingerprint density at radius 2 is 1.97 bits per heavy atom. The van der Waals surface area contributed by atoms with Crippen LogP contribution in [0.5, 0.6) is 17.2 Å². The fourth-order valence-electron chi connectivity index (χ4n) is 4.61. The van der Waals surface area contributed by atoms with Gasteiger partial charge in [-0.05, 0) is 26.3 Å². The van der Waals surface area contributed by atoms with Crippen LogP contribution in [0.15, 0.2) is 43.0 Å². The molecule has 1 fully saturated rings. The highest BCUT2D eigenvalue weighted by atomic mass is 16.7. The zero-order valence-corrected chi connectivity index (χ0v) is 19.7. The van der Waals surface area contributed by atoms with Gasteiger partial charge in [0.05, 0.1) is 39.0 Å². The Balaban J connectivity index is 1.75. The number of aromatic hydroxyl groups is 1. The fraction of sp³-hybridized carbons (Fsp3) is 0.462. The van der Waals surface area contributed by atoms with Gasteiger partial charge < -0.3 is 34.1 Å². The van der Waals surface area contributed by atoms with Gasteiger partial charge in [0.25, 0.3) is 0 Å². The summed E-state index contributed by atoms with van der Waals surface area (Å²) in [6.07, 6.45) is 1.32. The summed E-state index contributed by atoms with van der Waals surface area (Å²) in [6.45, 7) is 11.0. The maximum Gasteiger partial charge on any atom is 0.167 e. The van der Waals surface area contributed by atoms with Crippen molar-refractivity contribution >= 4 is 0 Å². The van der Waals surface area contributed by atoms with Crippen LogP contribution in [0.3, 0.4) is 0 Å². The van der Waals surface area contributed by atoms with E-state index in [1.54, 1.807) is 13.2 Å². The van der Waals surface area contributed by atoms with E-state index in [9.17, 15) is 5.11 Å². The number of hydrogen-bond acceptors (Lipinski definition) is 7. The van der Waals surface area contributed by atoms with Crippen molar-refractivity contribution in [3.63, 3.8) is 0 Å². The van der Waals surface area contributed by atoms with E-state index in [2.05, 4.69) is 11.9 Å². The Labute approximate surface area is 195 Å². The van der Waals surface area contributed by atoms with Crippen LogP contribution in [0.1, 0.15) is 48.2 Å². The third-order valence-electron chi connectivity index (χ3n) is 6.07. The average Bonchev–Trinajstić information content (AvgIpc) is 2.79. The Morgan fingerprint density at radius 3 is 2.67 bits per heavy atom. The quantitative estimate of drug-likeness (QED) is 0.574. The van der Waals surface area contributed by atoms with Crippen molar-refractivity contribution in [3.8, 4) is 17.2 Å². The molecule has 0 bridgehead atoms. The monoisotopic (exact) mass is 455 g/mol. The molecule has 7 heteroatoms. The molecule has 0 saturated carbocycles. The van der Waals surface area contributed by atoms with Crippen LogP contribution in [0.25, 0.3) is 0 Å². The first-order valence-electron chi connectivity index (χ1n) is 11.2. The summed E-state index contributed by atoms with van der Waals surface area (Å²) in [5, 5.41) is 14.9. The normalized spacial score (nSPS) is 23.3. The zero-order chi connectivity index (χ0) is 23.6. The largest absolute Gasteiger partial charge is 0.504 e. The molecule has 33 heavy (non-hydrogen) atoms. The molecule has 0 radical (unpaired) electrons. The van der Waals surface area contributed by atoms with Gasteiger partial charge in [-0.1, -0.05) is 43.0 Å². The lowest BCUT2D eigenvalue weighted by molar-refractivity contribution is -0.288. The van der Waals surface area contributed by atoms with Gasteiger partial charge in [0.1, 0.15) is 18.5 Å². The van der Waals surface area contributed by atoms with Gasteiger partial charge in [-0.2, -0.15) is 0 Å². The number of benzene rings is 2. The van der Waals surface area contributed by atoms with Crippen molar-refractivity contribution in [3.05, 3.63) is 65.2 Å². The predicted molar refractivity (Wildman–Crippen MR) is 125 cm³/mol. The summed E-state index contributed by atoms with van der Waals surface area (Å²) >= 11 is 0. The number of rotatable bonds is 8. The van der Waals surface area contributed by atoms with Crippen LogP contribution in [-0.2, 0) is 20.8 Å². The van der Waals surface area contributed by atoms with E-state index in [1.165, 1.54) is 0 Å². The van der Waals surface area contributed by atoms with Crippen molar-refractivity contribution in [1.29, 1.82) is 0 Å². The minimum atomic E-state index is -0.768. The second-order valence-electron chi connectivity index (χ2n) is 8.84. The smallest absolute Gasteiger partial charge is 0.167 e. The number of phenols is 1. The van der Waals surface area contributed by atoms with Crippen LogP contribution >= 0.6 is 0 Å². The molecule has 3 atom stereocenters. The topological polar surface area (TPSA) is 78.4 Å². The molecule has 178 valence electrons. The van der Waals surface area contributed by atoms with Crippen LogP contribution in [0.4, 0.5) is 0 Å². The first kappa shape index (κ1) is 23.6. The van der Waals surface area contributed by atoms with E-state index in [1.807, 2.05) is 51.1 Å². The van der Waals surface area contributed by atoms with E-state index >= 15 is 0 Å². The molecule has 4 rings (SSSR count). The number of nitrogens with one attached hydrogen (secondary N) is 1. The Morgan fingerprint density at radius 1 is 1.21 bits per heavy atom. The Kier molecular flexibility index (Phi) is 6.95. The van der Waals surface area contributed by atoms with Crippen LogP contribution in [0.2, 0.25) is 0 Å². The Bertz CT molecular complexity index is 990. The Hall–Kier alpha value is -2.58. The van der Waals surface area contributed by atoms with E-state index < -0.39 is 5.79 Å². The molecular weight excluding hydrogens is 422 g/mol. The van der Waals surface area contributed by atoms with Gasteiger partial charge >= 0.3 is 0 Å². The molecule has 2 N–H and O–H groups in total. The number of phenolic OH excluding ortho intramolecular Hbond substituents is 1. The summed E-state index contributed by atoms with van der Waals surface area (Å²) in [4.78, 5) is 0. The number of ether oxygens (including phenoxy) is 5. The van der Waals surface area contributed by atoms with Gasteiger partial charge in [-0.15, -0.1) is 0 Å². The summed E-state index contributed by atoms with van der Waals surface area (Å²) in [5.74, 6) is 0.327. The van der Waals surface area contributed by atoms with E-state index in [0.29, 0.717) is 49.1 Å². The van der Waals surface area contributed by atoms with Gasteiger partial charge in [0, 0.05) is 16.7 Å². The minimum absolute atomic E-state index is 0.0723. The van der Waals surface area contributed by atoms with Crippen LogP contribution < -0.4 is 14.8 Å². The first-order valence-corrected chi connectivity index (χ1v) is 11.2. The highest BCUT2D eigenvalue weighted by Gasteiger charge is 2.47. The lowest BCUT2D eigenvalue weighted by Gasteiger charge is -2.47. The van der Waals surface area contributed by atoms with Gasteiger partial charge in [-0.3, -0.25) is 0 Å². The predicted octanol–water partition coefficient (Wildman–Crippen LogP) is 4.33. The summed E-state index contributed by atoms with van der Waals surface area (Å²) in [6, 6.07) is 9.55. The van der Waals surface area contributed by atoms with E-state index in [-0.39, 0.29) is 23.9 Å². The molecule has 2 aromatic rings. The van der Waals surface area contributed by atoms with Crippen LogP contribution in [0, 0.1) is 6.92 Å². The van der Waals surface area contributed by atoms with Gasteiger partial charge in [0.15, 0.2) is 17.3 Å². The molecule has 0 spiro atoms. The highest BCUT2D eigenvalue weighted by molar-refractivity contribution is 5.65. The van der Waals surface area contributed by atoms with Crippen LogP contribution in [-0.4, -0.2) is 43.9 Å². The molecule has 0 aromatic heterocycles. The molecule has 2 heterocycles. The lowest BCUT2D eigenvalue weighted by atomic mass is 9.84. The molecule has 1 saturated heterocycles. The summed E-state index contributed by atoms with van der Waals surface area (Å²) in [5.41, 5.74) is 3.27. The minimum Gasteiger partial charge on any atom is -0.504 e. The third-order valence-corrected chi connectivity index (χ3v) is 6.07. The second-order valence-corrected chi connectivity index (χ2v) is 8.84. The standard InChI is InChI=1S/C26H33NO6/c1-6-12-31-23-16(2)24(29-5)22(28)20-18(14-30-13-17-10-8-7-9-11-17)27-19-15-32-26(3,4)33-25(19)21(20)23/h6-11,18-19,25,27-28H,1,12-15H2,2-5H3/t18-,19+,25-/m0/s1. The molecule has 0 aliphatic carbocycles. The molecule has 0 unspecified atom stereocenters. The maximum absolute atomic E-state index is 11.3. The average molecular weight is 456 g/mol. The highest BCUT2D eigenvalue weighted by Crippen LogP contribution is 2.53. The molecule has 2 aromatic carbocycles. The molecule has 2 aliphatic heterocycles. The number of hydrogen-bond donors (Lipinski definition) is 2. The molecule has 2 aliphatic rings.